The van der Waals surface area contributed by atoms with E-state index in [2.05, 4.69) is 22.5 Å². The normalized spacial score (nSPS) is 10.1. The number of ether oxygens (including phenoxy) is 4. The van der Waals surface area contributed by atoms with E-state index in [1.807, 2.05) is 0 Å². The predicted molar refractivity (Wildman–Crippen MR) is 116 cm³/mol. The van der Waals surface area contributed by atoms with E-state index >= 15 is 0 Å². The maximum absolute atomic E-state index is 12.5. The second-order valence-electron chi connectivity index (χ2n) is 6.46. The molecule has 0 bridgehead atoms. The lowest BCUT2D eigenvalue weighted by atomic mass is 10.2. The fourth-order valence-corrected chi connectivity index (χ4v) is 2.43. The molecule has 1 heterocycles. The standard InChI is InChI=1S/C22H27N3O7/c1-4-6-11-31-17-9-7-16(8-10-17)25-20(27)15-12-18(29-3)21(23-13-15)32-22(28)24-14-19(26)30-5-2/h7-10,12-13H,4-6,11,14H2,1-3H3,(H,24,28)(H,25,27). The summed E-state index contributed by atoms with van der Waals surface area (Å²) < 4.78 is 20.5. The van der Waals surface area contributed by atoms with E-state index in [-0.39, 0.29) is 30.3 Å². The summed E-state index contributed by atoms with van der Waals surface area (Å²) in [7, 11) is 1.35. The number of nitrogens with zero attached hydrogens (tertiary/aromatic N) is 1. The first-order valence-electron chi connectivity index (χ1n) is 10.2. The largest absolute Gasteiger partial charge is 0.494 e. The summed E-state index contributed by atoms with van der Waals surface area (Å²) >= 11 is 0. The number of anilines is 1. The lowest BCUT2D eigenvalue weighted by molar-refractivity contribution is -0.141. The summed E-state index contributed by atoms with van der Waals surface area (Å²) in [4.78, 5) is 39.6. The summed E-state index contributed by atoms with van der Waals surface area (Å²) in [6.45, 7) is 4.23. The first-order chi connectivity index (χ1) is 15.5. The van der Waals surface area contributed by atoms with Crippen LogP contribution < -0.4 is 24.8 Å². The number of methoxy groups -OCH3 is 1. The summed E-state index contributed by atoms with van der Waals surface area (Å²) in [6.07, 6.45) is 2.35. The first-order valence-corrected chi connectivity index (χ1v) is 10.2. The fourth-order valence-electron chi connectivity index (χ4n) is 2.43. The molecule has 2 rings (SSSR count). The highest BCUT2D eigenvalue weighted by atomic mass is 16.6. The molecule has 0 saturated heterocycles. The van der Waals surface area contributed by atoms with Crippen molar-refractivity contribution in [2.75, 3.05) is 32.2 Å². The van der Waals surface area contributed by atoms with Gasteiger partial charge in [-0.25, -0.2) is 9.78 Å². The zero-order valence-electron chi connectivity index (χ0n) is 18.3. The molecule has 32 heavy (non-hydrogen) atoms. The molecule has 0 saturated carbocycles. The number of hydrogen-bond donors (Lipinski definition) is 2. The van der Waals surface area contributed by atoms with Crippen molar-refractivity contribution >= 4 is 23.7 Å². The molecular formula is C22H27N3O7. The maximum Gasteiger partial charge on any atom is 0.414 e. The lowest BCUT2D eigenvalue weighted by Gasteiger charge is -2.11. The van der Waals surface area contributed by atoms with Crippen LogP contribution in [-0.4, -0.2) is 49.8 Å². The Balaban J connectivity index is 1.96. The minimum absolute atomic E-state index is 0.0728. The van der Waals surface area contributed by atoms with Crippen LogP contribution in [0.25, 0.3) is 0 Å². The number of rotatable bonds is 11. The van der Waals surface area contributed by atoms with Crippen molar-refractivity contribution in [3.8, 4) is 17.4 Å². The van der Waals surface area contributed by atoms with E-state index in [1.54, 1.807) is 31.2 Å². The third kappa shape index (κ3) is 7.78. The first kappa shape index (κ1) is 24.4. The van der Waals surface area contributed by atoms with Gasteiger partial charge in [-0.15, -0.1) is 0 Å². The number of carbonyl (C=O) groups is 3. The molecule has 0 unspecified atom stereocenters. The number of unbranched alkanes of at least 4 members (excludes halogenated alkanes) is 1. The van der Waals surface area contributed by atoms with Gasteiger partial charge in [-0.3, -0.25) is 9.59 Å². The molecule has 0 atom stereocenters. The van der Waals surface area contributed by atoms with Gasteiger partial charge in [0.1, 0.15) is 12.3 Å². The zero-order valence-corrected chi connectivity index (χ0v) is 18.3. The molecule has 10 nitrogen and oxygen atoms in total. The van der Waals surface area contributed by atoms with Crippen LogP contribution in [0, 0.1) is 0 Å². The van der Waals surface area contributed by atoms with Crippen LogP contribution >= 0.6 is 0 Å². The van der Waals surface area contributed by atoms with Gasteiger partial charge in [0.25, 0.3) is 11.8 Å². The highest BCUT2D eigenvalue weighted by Gasteiger charge is 2.16. The van der Waals surface area contributed by atoms with Gasteiger partial charge >= 0.3 is 12.1 Å². The molecule has 10 heteroatoms. The molecule has 0 radical (unpaired) electrons. The van der Waals surface area contributed by atoms with E-state index in [9.17, 15) is 14.4 Å². The SMILES string of the molecule is CCCCOc1ccc(NC(=O)c2cnc(OC(=O)NCC(=O)OCC)c(OC)c2)cc1. The zero-order chi connectivity index (χ0) is 23.3. The van der Waals surface area contributed by atoms with Gasteiger partial charge in [0, 0.05) is 18.0 Å². The summed E-state index contributed by atoms with van der Waals surface area (Å²) in [6, 6.07) is 8.40. The van der Waals surface area contributed by atoms with Crippen molar-refractivity contribution in [1.82, 2.24) is 10.3 Å². The Bertz CT molecular complexity index is 916. The van der Waals surface area contributed by atoms with Crippen LogP contribution in [0.2, 0.25) is 0 Å². The molecule has 172 valence electrons. The molecule has 0 fully saturated rings. The number of carbonyl (C=O) groups excluding carboxylic acids is 3. The van der Waals surface area contributed by atoms with Gasteiger partial charge in [-0.1, -0.05) is 13.3 Å². The molecule has 2 N–H and O–H groups in total. The van der Waals surface area contributed by atoms with E-state index in [0.29, 0.717) is 12.3 Å². The Morgan fingerprint density at radius 1 is 1.09 bits per heavy atom. The molecule has 1 aromatic heterocycles. The van der Waals surface area contributed by atoms with E-state index in [4.69, 9.17) is 18.9 Å². The number of esters is 1. The fraction of sp³-hybridized carbons (Fsp3) is 0.364. The van der Waals surface area contributed by atoms with Crippen molar-refractivity contribution in [2.24, 2.45) is 0 Å². The predicted octanol–water partition coefficient (Wildman–Crippen LogP) is 3.17. The quantitative estimate of drug-likeness (QED) is 0.399. The number of hydrogen-bond acceptors (Lipinski definition) is 8. The van der Waals surface area contributed by atoms with Gasteiger partial charge in [0.2, 0.25) is 0 Å². The second-order valence-corrected chi connectivity index (χ2v) is 6.46. The molecule has 1 aromatic carbocycles. The summed E-state index contributed by atoms with van der Waals surface area (Å²) in [5, 5.41) is 4.98. The van der Waals surface area contributed by atoms with Gasteiger partial charge in [-0.2, -0.15) is 0 Å². The van der Waals surface area contributed by atoms with Crippen LogP contribution in [0.3, 0.4) is 0 Å². The van der Waals surface area contributed by atoms with Crippen molar-refractivity contribution in [2.45, 2.75) is 26.7 Å². The summed E-state index contributed by atoms with van der Waals surface area (Å²) in [5.41, 5.74) is 0.778. The average Bonchev–Trinajstić information content (AvgIpc) is 2.79. The third-order valence-corrected chi connectivity index (χ3v) is 4.05. The Kier molecular flexibility index (Phi) is 9.76. The summed E-state index contributed by atoms with van der Waals surface area (Å²) in [5.74, 6) is -0.379. The molecule has 0 aliphatic rings. The van der Waals surface area contributed by atoms with Crippen LogP contribution in [-0.2, 0) is 9.53 Å². The van der Waals surface area contributed by atoms with Crippen LogP contribution in [0.15, 0.2) is 36.5 Å². The lowest BCUT2D eigenvalue weighted by Crippen LogP contribution is -2.33. The van der Waals surface area contributed by atoms with Crippen LogP contribution in [0.1, 0.15) is 37.0 Å². The van der Waals surface area contributed by atoms with E-state index in [1.165, 1.54) is 19.4 Å². The molecule has 0 spiro atoms. The highest BCUT2D eigenvalue weighted by molar-refractivity contribution is 6.04. The van der Waals surface area contributed by atoms with Gasteiger partial charge < -0.3 is 29.6 Å². The number of amides is 2. The maximum atomic E-state index is 12.5. The monoisotopic (exact) mass is 445 g/mol. The molecular weight excluding hydrogens is 418 g/mol. The highest BCUT2D eigenvalue weighted by Crippen LogP contribution is 2.26. The van der Waals surface area contributed by atoms with Crippen LogP contribution in [0.5, 0.6) is 17.4 Å². The van der Waals surface area contributed by atoms with Crippen LogP contribution in [0.4, 0.5) is 10.5 Å². The third-order valence-electron chi connectivity index (χ3n) is 4.05. The Labute approximate surface area is 186 Å². The molecule has 0 aliphatic carbocycles. The number of aromatic nitrogens is 1. The van der Waals surface area contributed by atoms with Crippen molar-refractivity contribution in [1.29, 1.82) is 0 Å². The van der Waals surface area contributed by atoms with Crippen molar-refractivity contribution < 1.29 is 33.3 Å². The van der Waals surface area contributed by atoms with Gasteiger partial charge in [-0.05, 0) is 37.6 Å². The Hall–Kier alpha value is -3.82. The average molecular weight is 445 g/mol. The Morgan fingerprint density at radius 3 is 2.50 bits per heavy atom. The molecule has 2 aromatic rings. The van der Waals surface area contributed by atoms with Gasteiger partial charge in [0.15, 0.2) is 5.75 Å². The minimum atomic E-state index is -0.915. The van der Waals surface area contributed by atoms with E-state index < -0.39 is 18.0 Å². The van der Waals surface area contributed by atoms with E-state index in [0.717, 1.165) is 18.6 Å². The second kappa shape index (κ2) is 12.8. The topological polar surface area (TPSA) is 125 Å². The Morgan fingerprint density at radius 2 is 1.84 bits per heavy atom. The number of pyridine rings is 1. The number of nitrogens with one attached hydrogen (secondary N) is 2. The minimum Gasteiger partial charge on any atom is -0.494 e. The molecule has 0 aliphatic heterocycles. The van der Waals surface area contributed by atoms with Gasteiger partial charge in [0.05, 0.1) is 25.9 Å². The smallest absolute Gasteiger partial charge is 0.414 e. The van der Waals surface area contributed by atoms with Crippen molar-refractivity contribution in [3.63, 3.8) is 0 Å². The number of benzene rings is 1. The van der Waals surface area contributed by atoms with Crippen molar-refractivity contribution in [3.05, 3.63) is 42.1 Å². The molecule has 2 amide bonds.